The fourth-order valence-electron chi connectivity index (χ4n) is 3.24. The molecule has 2 aromatic rings. The number of carbonyl (C=O) groups is 2. The Morgan fingerprint density at radius 3 is 2.73 bits per heavy atom. The van der Waals surface area contributed by atoms with Crippen LogP contribution in [0.2, 0.25) is 0 Å². The summed E-state index contributed by atoms with van der Waals surface area (Å²) in [5, 5.41) is 13.3. The molecule has 0 spiro atoms. The van der Waals surface area contributed by atoms with Crippen LogP contribution in [0.1, 0.15) is 35.9 Å². The molecule has 2 heterocycles. The number of rotatable bonds is 6. The minimum atomic E-state index is -0.837. The summed E-state index contributed by atoms with van der Waals surface area (Å²) in [6.07, 6.45) is 0.619. The molecule has 0 aliphatic carbocycles. The molecule has 1 aliphatic rings. The van der Waals surface area contributed by atoms with Gasteiger partial charge in [-0.1, -0.05) is 30.3 Å². The third-order valence-electron chi connectivity index (χ3n) is 4.53. The summed E-state index contributed by atoms with van der Waals surface area (Å²) >= 11 is 0. The van der Waals surface area contributed by atoms with Gasteiger partial charge in [-0.3, -0.25) is 14.3 Å². The third-order valence-corrected chi connectivity index (χ3v) is 4.53. The average molecular weight is 357 g/mol. The Morgan fingerprint density at radius 1 is 1.27 bits per heavy atom. The highest BCUT2D eigenvalue weighted by Gasteiger charge is 2.28. The molecule has 0 saturated heterocycles. The van der Waals surface area contributed by atoms with Crippen LogP contribution in [0, 0.1) is 0 Å². The van der Waals surface area contributed by atoms with Gasteiger partial charge in [-0.25, -0.2) is 0 Å². The summed E-state index contributed by atoms with van der Waals surface area (Å²) < 4.78 is 7.36. The van der Waals surface area contributed by atoms with Gasteiger partial charge in [-0.05, 0) is 18.1 Å². The second-order valence-corrected chi connectivity index (χ2v) is 6.38. The first kappa shape index (κ1) is 18.1. The Bertz CT molecular complexity index is 772. The lowest BCUT2D eigenvalue weighted by Crippen LogP contribution is -2.35. The van der Waals surface area contributed by atoms with Crippen molar-refractivity contribution in [1.29, 1.82) is 0 Å². The zero-order valence-corrected chi connectivity index (χ0v) is 14.8. The van der Waals surface area contributed by atoms with Crippen molar-refractivity contribution in [3.05, 3.63) is 53.3 Å². The molecule has 0 saturated carbocycles. The van der Waals surface area contributed by atoms with Gasteiger partial charge in [0.15, 0.2) is 6.10 Å². The summed E-state index contributed by atoms with van der Waals surface area (Å²) in [5.74, 6) is -0.906. The van der Waals surface area contributed by atoms with Crippen molar-refractivity contribution in [2.45, 2.75) is 38.5 Å². The van der Waals surface area contributed by atoms with E-state index in [0.717, 1.165) is 29.9 Å². The SMILES string of the molecule is COC(C(=O)N1CCCn2nc(CCC(=O)O)cc2C1)c1ccccc1. The fraction of sp³-hybridized carbons (Fsp3) is 0.421. The molecule has 138 valence electrons. The van der Waals surface area contributed by atoms with Crippen LogP contribution in [-0.4, -0.2) is 45.3 Å². The summed E-state index contributed by atoms with van der Waals surface area (Å²) in [5.41, 5.74) is 2.52. The van der Waals surface area contributed by atoms with Gasteiger partial charge in [0.1, 0.15) is 0 Å². The van der Waals surface area contributed by atoms with Gasteiger partial charge in [0.05, 0.1) is 24.4 Å². The third kappa shape index (κ3) is 4.11. The average Bonchev–Trinajstić information content (AvgIpc) is 2.91. The van der Waals surface area contributed by atoms with Gasteiger partial charge in [0.25, 0.3) is 5.91 Å². The summed E-state index contributed by atoms with van der Waals surface area (Å²) in [7, 11) is 1.54. The largest absolute Gasteiger partial charge is 0.481 e. The molecule has 26 heavy (non-hydrogen) atoms. The van der Waals surface area contributed by atoms with Crippen molar-refractivity contribution in [1.82, 2.24) is 14.7 Å². The number of carbonyl (C=O) groups excluding carboxylic acids is 1. The van der Waals surface area contributed by atoms with E-state index in [1.807, 2.05) is 41.1 Å². The van der Waals surface area contributed by atoms with Gasteiger partial charge < -0.3 is 14.7 Å². The van der Waals surface area contributed by atoms with E-state index >= 15 is 0 Å². The molecule has 1 unspecified atom stereocenters. The molecule has 1 atom stereocenters. The lowest BCUT2D eigenvalue weighted by atomic mass is 10.1. The number of benzene rings is 1. The Labute approximate surface area is 152 Å². The van der Waals surface area contributed by atoms with Crippen LogP contribution in [0.5, 0.6) is 0 Å². The highest BCUT2D eigenvalue weighted by atomic mass is 16.5. The highest BCUT2D eigenvalue weighted by molar-refractivity contribution is 5.82. The van der Waals surface area contributed by atoms with Crippen molar-refractivity contribution in [2.24, 2.45) is 0 Å². The lowest BCUT2D eigenvalue weighted by molar-refractivity contribution is -0.143. The second kappa shape index (κ2) is 8.14. The number of methoxy groups -OCH3 is 1. The molecule has 7 heteroatoms. The molecule has 0 radical (unpaired) electrons. The zero-order valence-electron chi connectivity index (χ0n) is 14.8. The predicted molar refractivity (Wildman–Crippen MR) is 94.4 cm³/mol. The number of ether oxygens (including phenoxy) is 1. The van der Waals surface area contributed by atoms with Crippen LogP contribution in [0.3, 0.4) is 0 Å². The normalized spacial score (nSPS) is 15.2. The quantitative estimate of drug-likeness (QED) is 0.855. The second-order valence-electron chi connectivity index (χ2n) is 6.38. The van der Waals surface area contributed by atoms with Crippen LogP contribution in [0.15, 0.2) is 36.4 Å². The first-order chi connectivity index (χ1) is 12.6. The summed E-state index contributed by atoms with van der Waals surface area (Å²) in [4.78, 5) is 25.6. The molecular weight excluding hydrogens is 334 g/mol. The smallest absolute Gasteiger partial charge is 0.303 e. The standard InChI is InChI=1S/C19H23N3O4/c1-26-18(14-6-3-2-4-7-14)19(25)21-10-5-11-22-16(13-21)12-15(20-22)8-9-17(23)24/h2-4,6-7,12,18H,5,8-11,13H2,1H3,(H,23,24). The molecular formula is C19H23N3O4. The van der Waals surface area contributed by atoms with E-state index in [-0.39, 0.29) is 12.3 Å². The van der Waals surface area contributed by atoms with Gasteiger partial charge >= 0.3 is 5.97 Å². The Morgan fingerprint density at radius 2 is 2.04 bits per heavy atom. The highest BCUT2D eigenvalue weighted by Crippen LogP contribution is 2.22. The van der Waals surface area contributed by atoms with Crippen molar-refractivity contribution in [3.63, 3.8) is 0 Å². The van der Waals surface area contributed by atoms with Crippen molar-refractivity contribution >= 4 is 11.9 Å². The Kier molecular flexibility index (Phi) is 5.68. The van der Waals surface area contributed by atoms with E-state index in [1.165, 1.54) is 0 Å². The number of fused-ring (bicyclic) bond motifs is 1. The number of hydrogen-bond donors (Lipinski definition) is 1. The molecule has 1 amide bonds. The van der Waals surface area contributed by atoms with E-state index in [1.54, 1.807) is 12.0 Å². The molecule has 1 N–H and O–H groups in total. The molecule has 1 aromatic carbocycles. The van der Waals surface area contributed by atoms with E-state index in [0.29, 0.717) is 19.5 Å². The maximum atomic E-state index is 13.0. The number of amides is 1. The predicted octanol–water partition coefficient (Wildman–Crippen LogP) is 2.02. The van der Waals surface area contributed by atoms with Crippen LogP contribution in [0.25, 0.3) is 0 Å². The molecule has 0 fully saturated rings. The molecule has 1 aliphatic heterocycles. The number of nitrogens with zero attached hydrogens (tertiary/aromatic N) is 3. The number of aromatic nitrogens is 2. The van der Waals surface area contributed by atoms with E-state index in [2.05, 4.69) is 5.10 Å². The molecule has 1 aromatic heterocycles. The number of aliphatic carboxylic acids is 1. The monoisotopic (exact) mass is 357 g/mol. The van der Waals surface area contributed by atoms with Crippen LogP contribution in [0.4, 0.5) is 0 Å². The molecule has 3 rings (SSSR count). The Balaban J connectivity index is 1.75. The van der Waals surface area contributed by atoms with Crippen molar-refractivity contribution in [2.75, 3.05) is 13.7 Å². The number of carboxylic acid groups (broad SMARTS) is 1. The first-order valence-corrected chi connectivity index (χ1v) is 8.72. The topological polar surface area (TPSA) is 84.7 Å². The summed E-state index contributed by atoms with van der Waals surface area (Å²) in [6, 6.07) is 11.4. The number of hydrogen-bond acceptors (Lipinski definition) is 4. The van der Waals surface area contributed by atoms with E-state index < -0.39 is 12.1 Å². The van der Waals surface area contributed by atoms with E-state index in [9.17, 15) is 9.59 Å². The minimum Gasteiger partial charge on any atom is -0.481 e. The van der Waals surface area contributed by atoms with Crippen LogP contribution < -0.4 is 0 Å². The van der Waals surface area contributed by atoms with Crippen molar-refractivity contribution < 1.29 is 19.4 Å². The zero-order chi connectivity index (χ0) is 18.5. The van der Waals surface area contributed by atoms with Gasteiger partial charge in [-0.2, -0.15) is 5.10 Å². The van der Waals surface area contributed by atoms with Crippen LogP contribution >= 0.6 is 0 Å². The summed E-state index contributed by atoms with van der Waals surface area (Å²) in [6.45, 7) is 1.81. The van der Waals surface area contributed by atoms with Crippen molar-refractivity contribution in [3.8, 4) is 0 Å². The van der Waals surface area contributed by atoms with E-state index in [4.69, 9.17) is 9.84 Å². The fourth-order valence-corrected chi connectivity index (χ4v) is 3.24. The molecule has 0 bridgehead atoms. The molecule has 7 nitrogen and oxygen atoms in total. The number of aryl methyl sites for hydroxylation is 2. The maximum Gasteiger partial charge on any atom is 0.303 e. The Hall–Kier alpha value is -2.67. The lowest BCUT2D eigenvalue weighted by Gasteiger charge is -2.25. The number of carboxylic acids is 1. The van der Waals surface area contributed by atoms with Gasteiger partial charge in [0.2, 0.25) is 0 Å². The van der Waals surface area contributed by atoms with Crippen LogP contribution in [-0.2, 0) is 33.8 Å². The van der Waals surface area contributed by atoms with Gasteiger partial charge in [0, 0.05) is 26.6 Å². The maximum absolute atomic E-state index is 13.0. The van der Waals surface area contributed by atoms with Gasteiger partial charge in [-0.15, -0.1) is 0 Å². The first-order valence-electron chi connectivity index (χ1n) is 8.72. The minimum absolute atomic E-state index is 0.0544.